The van der Waals surface area contributed by atoms with E-state index in [2.05, 4.69) is 22.5 Å². The standard InChI is InChI=1S/C28H35F3N4O2/c1-3-5-16-34-17-14-24(15-18-34)35(20-21-10-6-7-13-25(21)33-26(36)9-4-2)27(37)32-23-12-8-11-22(19-23)28(29,30)31/h4,6-13,19,24H,3,5,14-18,20H2,1-2H3,(H,32,37)(H,33,36)/b9-4+. The molecule has 37 heavy (non-hydrogen) atoms. The van der Waals surface area contributed by atoms with Gasteiger partial charge in [0, 0.05) is 37.1 Å². The molecule has 0 saturated carbocycles. The van der Waals surface area contributed by atoms with Crippen molar-refractivity contribution in [1.82, 2.24) is 9.80 Å². The number of nitrogens with zero attached hydrogens (tertiary/aromatic N) is 2. The summed E-state index contributed by atoms with van der Waals surface area (Å²) >= 11 is 0. The average Bonchev–Trinajstić information content (AvgIpc) is 2.87. The van der Waals surface area contributed by atoms with E-state index >= 15 is 0 Å². The number of benzene rings is 2. The van der Waals surface area contributed by atoms with Crippen molar-refractivity contribution in [3.05, 3.63) is 71.8 Å². The van der Waals surface area contributed by atoms with Gasteiger partial charge in [-0.3, -0.25) is 4.79 Å². The fraction of sp³-hybridized carbons (Fsp3) is 0.429. The van der Waals surface area contributed by atoms with Gasteiger partial charge in [-0.1, -0.05) is 43.7 Å². The molecule has 3 amide bonds. The van der Waals surface area contributed by atoms with E-state index in [1.165, 1.54) is 18.2 Å². The van der Waals surface area contributed by atoms with E-state index in [1.807, 2.05) is 12.1 Å². The Labute approximate surface area is 216 Å². The van der Waals surface area contributed by atoms with Gasteiger partial charge in [-0.25, -0.2) is 4.79 Å². The maximum atomic E-state index is 13.5. The number of likely N-dealkylation sites (tertiary alicyclic amines) is 1. The first-order valence-corrected chi connectivity index (χ1v) is 12.7. The normalized spacial score (nSPS) is 15.1. The van der Waals surface area contributed by atoms with Crippen LogP contribution in [0.25, 0.3) is 0 Å². The molecule has 0 atom stereocenters. The number of rotatable bonds is 9. The summed E-state index contributed by atoms with van der Waals surface area (Å²) in [6.07, 6.45) is 2.29. The molecule has 1 saturated heterocycles. The first-order valence-electron chi connectivity index (χ1n) is 12.7. The van der Waals surface area contributed by atoms with E-state index in [0.29, 0.717) is 5.69 Å². The Morgan fingerprint density at radius 2 is 1.81 bits per heavy atom. The van der Waals surface area contributed by atoms with Gasteiger partial charge < -0.3 is 20.4 Å². The van der Waals surface area contributed by atoms with Crippen LogP contribution in [0.4, 0.5) is 29.3 Å². The van der Waals surface area contributed by atoms with Crippen LogP contribution in [-0.2, 0) is 17.5 Å². The van der Waals surface area contributed by atoms with Crippen molar-refractivity contribution in [3.8, 4) is 0 Å². The summed E-state index contributed by atoms with van der Waals surface area (Å²) in [5.74, 6) is -0.279. The van der Waals surface area contributed by atoms with Gasteiger partial charge in [0.2, 0.25) is 5.91 Å². The molecule has 200 valence electrons. The number of piperidine rings is 1. The second kappa shape index (κ2) is 13.3. The number of para-hydroxylation sites is 1. The number of amides is 3. The number of unbranched alkanes of at least 4 members (excludes halogenated alkanes) is 1. The molecule has 9 heteroatoms. The molecular formula is C28H35F3N4O2. The molecule has 1 aliphatic rings. The van der Waals surface area contributed by atoms with Crippen LogP contribution in [0.15, 0.2) is 60.7 Å². The number of carbonyl (C=O) groups excluding carboxylic acids is 2. The Balaban J connectivity index is 1.83. The van der Waals surface area contributed by atoms with E-state index in [1.54, 1.807) is 30.0 Å². The van der Waals surface area contributed by atoms with Gasteiger partial charge >= 0.3 is 12.2 Å². The van der Waals surface area contributed by atoms with Crippen molar-refractivity contribution in [2.24, 2.45) is 0 Å². The number of urea groups is 1. The van der Waals surface area contributed by atoms with Gasteiger partial charge in [-0.2, -0.15) is 13.2 Å². The lowest BCUT2D eigenvalue weighted by Gasteiger charge is -2.39. The molecule has 1 heterocycles. The summed E-state index contributed by atoms with van der Waals surface area (Å²) < 4.78 is 39.6. The van der Waals surface area contributed by atoms with Crippen LogP contribution in [0, 0.1) is 0 Å². The zero-order chi connectivity index (χ0) is 26.8. The zero-order valence-corrected chi connectivity index (χ0v) is 21.4. The second-order valence-corrected chi connectivity index (χ2v) is 9.21. The third-order valence-corrected chi connectivity index (χ3v) is 6.46. The molecule has 0 bridgehead atoms. The Bertz CT molecular complexity index is 1080. The van der Waals surface area contributed by atoms with E-state index in [9.17, 15) is 22.8 Å². The molecule has 2 aromatic rings. The molecular weight excluding hydrogens is 481 g/mol. The highest BCUT2D eigenvalue weighted by Gasteiger charge is 2.32. The highest BCUT2D eigenvalue weighted by Crippen LogP contribution is 2.31. The number of carbonyl (C=O) groups is 2. The quantitative estimate of drug-likeness (QED) is 0.373. The molecule has 0 aromatic heterocycles. The summed E-state index contributed by atoms with van der Waals surface area (Å²) in [5.41, 5.74) is 0.591. The van der Waals surface area contributed by atoms with Crippen LogP contribution in [0.1, 0.15) is 50.7 Å². The lowest BCUT2D eigenvalue weighted by molar-refractivity contribution is -0.137. The maximum absolute atomic E-state index is 13.5. The Morgan fingerprint density at radius 3 is 2.49 bits per heavy atom. The topological polar surface area (TPSA) is 64.7 Å². The van der Waals surface area contributed by atoms with Crippen molar-refractivity contribution in [1.29, 1.82) is 0 Å². The van der Waals surface area contributed by atoms with Crippen molar-refractivity contribution < 1.29 is 22.8 Å². The fourth-order valence-corrected chi connectivity index (χ4v) is 4.46. The number of anilines is 2. The molecule has 2 aromatic carbocycles. The number of halogens is 3. The van der Waals surface area contributed by atoms with Crippen molar-refractivity contribution >= 4 is 23.3 Å². The minimum absolute atomic E-state index is 0.0832. The maximum Gasteiger partial charge on any atom is 0.416 e. The first-order chi connectivity index (χ1) is 17.7. The number of nitrogens with one attached hydrogen (secondary N) is 2. The van der Waals surface area contributed by atoms with Gasteiger partial charge in [0.25, 0.3) is 0 Å². The highest BCUT2D eigenvalue weighted by atomic mass is 19.4. The predicted octanol–water partition coefficient (Wildman–Crippen LogP) is 6.52. The minimum atomic E-state index is -4.50. The monoisotopic (exact) mass is 516 g/mol. The summed E-state index contributed by atoms with van der Waals surface area (Å²) in [6, 6.07) is 11.3. The third kappa shape index (κ3) is 8.35. The zero-order valence-electron chi connectivity index (χ0n) is 21.4. The fourth-order valence-electron chi connectivity index (χ4n) is 4.46. The summed E-state index contributed by atoms with van der Waals surface area (Å²) in [6.45, 7) is 6.81. The van der Waals surface area contributed by atoms with Crippen LogP contribution >= 0.6 is 0 Å². The molecule has 0 aliphatic carbocycles. The van der Waals surface area contributed by atoms with Crippen LogP contribution in [0.2, 0.25) is 0 Å². The predicted molar refractivity (Wildman–Crippen MR) is 140 cm³/mol. The number of allylic oxidation sites excluding steroid dienone is 1. The van der Waals surface area contributed by atoms with Crippen LogP contribution in [-0.4, -0.2) is 47.4 Å². The molecule has 1 fully saturated rings. The lowest BCUT2D eigenvalue weighted by atomic mass is 10.0. The Morgan fingerprint density at radius 1 is 1.08 bits per heavy atom. The van der Waals surface area contributed by atoms with E-state index in [-0.39, 0.29) is 24.2 Å². The first kappa shape index (κ1) is 28.2. The van der Waals surface area contributed by atoms with Gasteiger partial charge in [0.1, 0.15) is 0 Å². The molecule has 0 radical (unpaired) electrons. The van der Waals surface area contributed by atoms with Crippen LogP contribution in [0.5, 0.6) is 0 Å². The van der Waals surface area contributed by atoms with Crippen molar-refractivity contribution in [2.45, 2.75) is 58.3 Å². The molecule has 1 aliphatic heterocycles. The van der Waals surface area contributed by atoms with Gasteiger partial charge in [0.15, 0.2) is 0 Å². The average molecular weight is 517 g/mol. The minimum Gasteiger partial charge on any atom is -0.322 e. The largest absolute Gasteiger partial charge is 0.416 e. The van der Waals surface area contributed by atoms with Crippen LogP contribution in [0.3, 0.4) is 0 Å². The number of alkyl halides is 3. The van der Waals surface area contributed by atoms with Crippen molar-refractivity contribution in [3.63, 3.8) is 0 Å². The van der Waals surface area contributed by atoms with E-state index in [0.717, 1.165) is 63.0 Å². The number of hydrogen-bond acceptors (Lipinski definition) is 3. The summed E-state index contributed by atoms with van der Waals surface area (Å²) in [4.78, 5) is 29.7. The SMILES string of the molecule is C/C=C/C(=O)Nc1ccccc1CN(C(=O)Nc1cccc(C(F)(F)F)c1)C1CCN(CCCC)CC1. The Hall–Kier alpha value is -3.33. The summed E-state index contributed by atoms with van der Waals surface area (Å²) in [5, 5.41) is 5.52. The molecule has 0 unspecified atom stereocenters. The highest BCUT2D eigenvalue weighted by molar-refractivity contribution is 5.99. The molecule has 2 N–H and O–H groups in total. The second-order valence-electron chi connectivity index (χ2n) is 9.21. The van der Waals surface area contributed by atoms with E-state index in [4.69, 9.17) is 0 Å². The number of hydrogen-bond donors (Lipinski definition) is 2. The third-order valence-electron chi connectivity index (χ3n) is 6.46. The molecule has 3 rings (SSSR count). The lowest BCUT2D eigenvalue weighted by Crippen LogP contribution is -2.48. The van der Waals surface area contributed by atoms with Crippen LogP contribution < -0.4 is 10.6 Å². The van der Waals surface area contributed by atoms with Gasteiger partial charge in [-0.05, 0) is 68.6 Å². The Kier molecular flexibility index (Phi) is 10.1. The van der Waals surface area contributed by atoms with Gasteiger partial charge in [0.05, 0.1) is 5.56 Å². The van der Waals surface area contributed by atoms with E-state index < -0.39 is 17.8 Å². The van der Waals surface area contributed by atoms with Crippen molar-refractivity contribution in [2.75, 3.05) is 30.3 Å². The molecule has 0 spiro atoms. The smallest absolute Gasteiger partial charge is 0.322 e. The molecule has 6 nitrogen and oxygen atoms in total. The summed E-state index contributed by atoms with van der Waals surface area (Å²) in [7, 11) is 0. The van der Waals surface area contributed by atoms with Gasteiger partial charge in [-0.15, -0.1) is 0 Å².